The van der Waals surface area contributed by atoms with Crippen LogP contribution in [0.5, 0.6) is 0 Å². The molecule has 216 valence electrons. The van der Waals surface area contributed by atoms with Crippen LogP contribution < -0.4 is 0 Å². The molecule has 2 heterocycles. The highest BCUT2D eigenvalue weighted by Crippen LogP contribution is 2.36. The quantitative estimate of drug-likeness (QED) is 0.193. The smallest absolute Gasteiger partial charge is 0.164 e. The maximum atomic E-state index is 4.89. The lowest BCUT2D eigenvalue weighted by Crippen LogP contribution is -2.00. The predicted octanol–water partition coefficient (Wildman–Crippen LogP) is 9.82. The van der Waals surface area contributed by atoms with Gasteiger partial charge in [-0.3, -0.25) is 0 Å². The molecule has 0 atom stereocenters. The highest BCUT2D eigenvalue weighted by atomic mass is 15.0. The van der Waals surface area contributed by atoms with Crippen LogP contribution in [0.4, 0.5) is 0 Å². The second kappa shape index (κ2) is 12.0. The molecule has 0 N–H and O–H groups in total. The third kappa shape index (κ3) is 5.31. The van der Waals surface area contributed by atoms with Crippen molar-refractivity contribution in [2.75, 3.05) is 0 Å². The van der Waals surface area contributed by atoms with Gasteiger partial charge in [-0.15, -0.1) is 0 Å². The highest BCUT2D eigenvalue weighted by molar-refractivity contribution is 6.04. The first-order valence-electron chi connectivity index (χ1n) is 15.2. The van der Waals surface area contributed by atoms with Crippen LogP contribution in [0.15, 0.2) is 164 Å². The standard InChI is InChI=1S/C41H27N5/c1-3-9-31(10-4-1)39-44-40(32-11-5-2-6-12-32)46-41(45-39)33-23-19-29(20-24-33)35-14-8-15-36-34(13-7-16-37(35)36)28-17-21-30(22-18-28)38-25-26-42-27-43-38/h1-27H. The molecule has 0 saturated carbocycles. The van der Waals surface area contributed by atoms with Gasteiger partial charge in [0, 0.05) is 28.5 Å². The Kier molecular flexibility index (Phi) is 7.09. The van der Waals surface area contributed by atoms with Crippen LogP contribution in [-0.2, 0) is 0 Å². The molecule has 8 aromatic rings. The van der Waals surface area contributed by atoms with Crippen molar-refractivity contribution in [1.82, 2.24) is 24.9 Å². The van der Waals surface area contributed by atoms with Crippen LogP contribution in [0, 0.1) is 0 Å². The van der Waals surface area contributed by atoms with Gasteiger partial charge in [-0.05, 0) is 39.1 Å². The van der Waals surface area contributed by atoms with Crippen molar-refractivity contribution in [3.05, 3.63) is 164 Å². The van der Waals surface area contributed by atoms with Gasteiger partial charge in [0.2, 0.25) is 0 Å². The molecule has 0 radical (unpaired) electrons. The van der Waals surface area contributed by atoms with Gasteiger partial charge in [-0.1, -0.05) is 146 Å². The summed E-state index contributed by atoms with van der Waals surface area (Å²) in [6, 6.07) is 52.1. The zero-order chi connectivity index (χ0) is 30.7. The number of hydrogen-bond donors (Lipinski definition) is 0. The van der Waals surface area contributed by atoms with Crippen LogP contribution in [0.2, 0.25) is 0 Å². The maximum absolute atomic E-state index is 4.89. The van der Waals surface area contributed by atoms with Crippen LogP contribution in [0.3, 0.4) is 0 Å². The van der Waals surface area contributed by atoms with Crippen molar-refractivity contribution in [1.29, 1.82) is 0 Å². The van der Waals surface area contributed by atoms with Crippen molar-refractivity contribution >= 4 is 10.8 Å². The Morgan fingerprint density at radius 2 is 0.761 bits per heavy atom. The van der Waals surface area contributed by atoms with Crippen molar-refractivity contribution in [2.45, 2.75) is 0 Å². The van der Waals surface area contributed by atoms with Crippen LogP contribution in [0.25, 0.3) is 78.4 Å². The van der Waals surface area contributed by atoms with E-state index in [1.165, 1.54) is 21.9 Å². The lowest BCUT2D eigenvalue weighted by Gasteiger charge is -2.12. The zero-order valence-corrected chi connectivity index (χ0v) is 24.8. The Hall–Kier alpha value is -6.33. The molecule has 0 aliphatic carbocycles. The summed E-state index contributed by atoms with van der Waals surface area (Å²) in [5, 5.41) is 2.40. The van der Waals surface area contributed by atoms with Gasteiger partial charge in [-0.25, -0.2) is 24.9 Å². The van der Waals surface area contributed by atoms with Crippen molar-refractivity contribution in [3.8, 4) is 67.7 Å². The van der Waals surface area contributed by atoms with E-state index in [-0.39, 0.29) is 0 Å². The Morgan fingerprint density at radius 3 is 1.22 bits per heavy atom. The lowest BCUT2D eigenvalue weighted by molar-refractivity contribution is 1.07. The van der Waals surface area contributed by atoms with Crippen LogP contribution in [-0.4, -0.2) is 24.9 Å². The first-order chi connectivity index (χ1) is 22.8. The van der Waals surface area contributed by atoms with Crippen molar-refractivity contribution in [3.63, 3.8) is 0 Å². The van der Waals surface area contributed by atoms with E-state index in [4.69, 9.17) is 15.0 Å². The van der Waals surface area contributed by atoms with E-state index in [1.54, 1.807) is 12.5 Å². The summed E-state index contributed by atoms with van der Waals surface area (Å²) in [5.74, 6) is 1.95. The fourth-order valence-electron chi connectivity index (χ4n) is 5.83. The highest BCUT2D eigenvalue weighted by Gasteiger charge is 2.13. The maximum Gasteiger partial charge on any atom is 0.164 e. The summed E-state index contributed by atoms with van der Waals surface area (Å²) in [7, 11) is 0. The first kappa shape index (κ1) is 27.2. The molecular weight excluding hydrogens is 562 g/mol. The fraction of sp³-hybridized carbons (Fsp3) is 0. The fourth-order valence-corrected chi connectivity index (χ4v) is 5.83. The van der Waals surface area contributed by atoms with Gasteiger partial charge in [0.1, 0.15) is 6.33 Å². The molecule has 5 heteroatoms. The van der Waals surface area contributed by atoms with E-state index in [0.717, 1.165) is 39.1 Å². The molecule has 0 amide bonds. The summed E-state index contributed by atoms with van der Waals surface area (Å²) in [4.78, 5) is 23.0. The number of aromatic nitrogens is 5. The minimum absolute atomic E-state index is 0.643. The Morgan fingerprint density at radius 1 is 0.326 bits per heavy atom. The minimum Gasteiger partial charge on any atom is -0.245 e. The zero-order valence-electron chi connectivity index (χ0n) is 24.8. The van der Waals surface area contributed by atoms with E-state index in [1.807, 2.05) is 66.7 Å². The largest absolute Gasteiger partial charge is 0.245 e. The number of benzene rings is 6. The predicted molar refractivity (Wildman–Crippen MR) is 186 cm³/mol. The topological polar surface area (TPSA) is 64.5 Å². The number of rotatable bonds is 6. The molecule has 0 saturated heterocycles. The van der Waals surface area contributed by atoms with Gasteiger partial charge in [-0.2, -0.15) is 0 Å². The van der Waals surface area contributed by atoms with E-state index in [0.29, 0.717) is 17.5 Å². The van der Waals surface area contributed by atoms with Crippen LogP contribution in [0.1, 0.15) is 0 Å². The van der Waals surface area contributed by atoms with E-state index < -0.39 is 0 Å². The Balaban J connectivity index is 1.16. The molecule has 2 aromatic heterocycles. The number of nitrogens with zero attached hydrogens (tertiary/aromatic N) is 5. The third-order valence-electron chi connectivity index (χ3n) is 8.15. The molecule has 0 unspecified atom stereocenters. The Bertz CT molecular complexity index is 2210. The molecule has 0 bridgehead atoms. The normalized spacial score (nSPS) is 11.0. The van der Waals surface area contributed by atoms with Gasteiger partial charge in [0.05, 0.1) is 5.69 Å². The number of hydrogen-bond acceptors (Lipinski definition) is 5. The first-order valence-corrected chi connectivity index (χ1v) is 15.2. The molecule has 5 nitrogen and oxygen atoms in total. The van der Waals surface area contributed by atoms with Gasteiger partial charge in [0.15, 0.2) is 17.5 Å². The average Bonchev–Trinajstić information content (AvgIpc) is 3.15. The summed E-state index contributed by atoms with van der Waals surface area (Å²) in [5.41, 5.74) is 9.48. The average molecular weight is 590 g/mol. The second-order valence-electron chi connectivity index (χ2n) is 11.0. The molecule has 0 aliphatic rings. The lowest BCUT2D eigenvalue weighted by atomic mass is 9.92. The monoisotopic (exact) mass is 589 g/mol. The summed E-state index contributed by atoms with van der Waals surface area (Å²) < 4.78 is 0. The van der Waals surface area contributed by atoms with Crippen LogP contribution >= 0.6 is 0 Å². The third-order valence-corrected chi connectivity index (χ3v) is 8.15. The molecule has 0 fully saturated rings. The second-order valence-corrected chi connectivity index (χ2v) is 11.0. The van der Waals surface area contributed by atoms with Crippen molar-refractivity contribution in [2.24, 2.45) is 0 Å². The number of fused-ring (bicyclic) bond motifs is 1. The van der Waals surface area contributed by atoms with Crippen molar-refractivity contribution < 1.29 is 0 Å². The van der Waals surface area contributed by atoms with E-state index >= 15 is 0 Å². The summed E-state index contributed by atoms with van der Waals surface area (Å²) >= 11 is 0. The van der Waals surface area contributed by atoms with Gasteiger partial charge < -0.3 is 0 Å². The van der Waals surface area contributed by atoms with E-state index in [2.05, 4.69) is 94.9 Å². The molecule has 46 heavy (non-hydrogen) atoms. The van der Waals surface area contributed by atoms with Gasteiger partial charge >= 0.3 is 0 Å². The molecule has 6 aromatic carbocycles. The molecule has 0 spiro atoms. The molecule has 8 rings (SSSR count). The summed E-state index contributed by atoms with van der Waals surface area (Å²) in [6.45, 7) is 0. The SMILES string of the molecule is c1ccc(-c2nc(-c3ccccc3)nc(-c3ccc(-c4cccc5c(-c6ccc(-c7ccncn7)cc6)cccc45)cc3)n2)cc1. The molecular formula is C41H27N5. The Labute approximate surface area is 267 Å². The molecule has 0 aliphatic heterocycles. The van der Waals surface area contributed by atoms with E-state index in [9.17, 15) is 0 Å². The summed E-state index contributed by atoms with van der Waals surface area (Å²) in [6.07, 6.45) is 3.35. The van der Waals surface area contributed by atoms with Gasteiger partial charge in [0.25, 0.3) is 0 Å². The minimum atomic E-state index is 0.643.